The van der Waals surface area contributed by atoms with Gasteiger partial charge in [0, 0.05) is 0 Å². The Morgan fingerprint density at radius 3 is 2.53 bits per heavy atom. The molecule has 0 amide bonds. The van der Waals surface area contributed by atoms with Gasteiger partial charge < -0.3 is 10.2 Å². The third-order valence-electron chi connectivity index (χ3n) is 2.44. The Kier molecular flexibility index (Phi) is 4.62. The SMILES string of the molecule is CC(C)CCc1c(C(=O)O)nnn1CC(C)O. The summed E-state index contributed by atoms with van der Waals surface area (Å²) in [6, 6.07) is 0. The zero-order valence-corrected chi connectivity index (χ0v) is 10.4. The van der Waals surface area contributed by atoms with Crippen molar-refractivity contribution in [3.05, 3.63) is 11.4 Å². The van der Waals surface area contributed by atoms with Gasteiger partial charge in [-0.05, 0) is 25.7 Å². The number of aliphatic hydroxyl groups excluding tert-OH is 1. The van der Waals surface area contributed by atoms with Crippen molar-refractivity contribution in [2.45, 2.75) is 46.3 Å². The molecule has 0 saturated heterocycles. The van der Waals surface area contributed by atoms with E-state index in [2.05, 4.69) is 24.2 Å². The molecule has 96 valence electrons. The molecular weight excluding hydrogens is 222 g/mol. The predicted molar refractivity (Wildman–Crippen MR) is 61.8 cm³/mol. The van der Waals surface area contributed by atoms with Gasteiger partial charge in [0.2, 0.25) is 0 Å². The highest BCUT2D eigenvalue weighted by Gasteiger charge is 2.19. The van der Waals surface area contributed by atoms with Crippen molar-refractivity contribution in [1.29, 1.82) is 0 Å². The predicted octanol–water partition coefficient (Wildman–Crippen LogP) is 0.946. The largest absolute Gasteiger partial charge is 0.476 e. The zero-order chi connectivity index (χ0) is 13.0. The van der Waals surface area contributed by atoms with Crippen LogP contribution in [0.5, 0.6) is 0 Å². The second-order valence-corrected chi connectivity index (χ2v) is 4.65. The molecule has 0 aliphatic rings. The van der Waals surface area contributed by atoms with Crippen LogP contribution in [0.1, 0.15) is 43.4 Å². The molecule has 6 heteroatoms. The van der Waals surface area contributed by atoms with E-state index in [1.807, 2.05) is 0 Å². The van der Waals surface area contributed by atoms with Gasteiger partial charge in [-0.15, -0.1) is 5.10 Å². The standard InChI is InChI=1S/C11H19N3O3/c1-7(2)4-5-9-10(11(16)17)12-13-14(9)6-8(3)15/h7-8,15H,4-6H2,1-3H3,(H,16,17). The van der Waals surface area contributed by atoms with Crippen molar-refractivity contribution in [1.82, 2.24) is 15.0 Å². The van der Waals surface area contributed by atoms with Gasteiger partial charge in [-0.2, -0.15) is 0 Å². The van der Waals surface area contributed by atoms with E-state index in [4.69, 9.17) is 5.11 Å². The molecule has 1 atom stereocenters. The molecule has 0 aliphatic carbocycles. The number of hydrogen-bond donors (Lipinski definition) is 2. The number of carboxylic acid groups (broad SMARTS) is 1. The van der Waals surface area contributed by atoms with Gasteiger partial charge in [0.1, 0.15) is 0 Å². The van der Waals surface area contributed by atoms with E-state index in [0.29, 0.717) is 18.0 Å². The molecule has 1 aromatic rings. The van der Waals surface area contributed by atoms with Crippen molar-refractivity contribution in [2.75, 3.05) is 0 Å². The maximum Gasteiger partial charge on any atom is 0.358 e. The molecule has 0 fully saturated rings. The molecule has 1 aromatic heterocycles. The van der Waals surface area contributed by atoms with Gasteiger partial charge in [0.15, 0.2) is 5.69 Å². The van der Waals surface area contributed by atoms with Crippen LogP contribution in [-0.2, 0) is 13.0 Å². The summed E-state index contributed by atoms with van der Waals surface area (Å²) in [4.78, 5) is 11.0. The summed E-state index contributed by atoms with van der Waals surface area (Å²) < 4.78 is 1.48. The summed E-state index contributed by atoms with van der Waals surface area (Å²) in [6.07, 6.45) is 0.906. The van der Waals surface area contributed by atoms with E-state index < -0.39 is 12.1 Å². The molecular formula is C11H19N3O3. The van der Waals surface area contributed by atoms with E-state index in [1.54, 1.807) is 6.92 Å². The number of aliphatic hydroxyl groups is 1. The Morgan fingerprint density at radius 1 is 1.41 bits per heavy atom. The molecule has 0 bridgehead atoms. The monoisotopic (exact) mass is 241 g/mol. The molecule has 1 heterocycles. The van der Waals surface area contributed by atoms with E-state index in [0.717, 1.165) is 6.42 Å². The van der Waals surface area contributed by atoms with Gasteiger partial charge >= 0.3 is 5.97 Å². The first-order valence-corrected chi connectivity index (χ1v) is 5.75. The Morgan fingerprint density at radius 2 is 2.06 bits per heavy atom. The van der Waals surface area contributed by atoms with Crippen LogP contribution in [0.15, 0.2) is 0 Å². The quantitative estimate of drug-likeness (QED) is 0.774. The molecule has 0 spiro atoms. The van der Waals surface area contributed by atoms with Gasteiger partial charge in [0.25, 0.3) is 0 Å². The van der Waals surface area contributed by atoms with Gasteiger partial charge in [-0.25, -0.2) is 9.48 Å². The summed E-state index contributed by atoms with van der Waals surface area (Å²) in [5.41, 5.74) is 0.582. The number of carbonyl (C=O) groups is 1. The van der Waals surface area contributed by atoms with Crippen LogP contribution in [0.2, 0.25) is 0 Å². The first-order valence-electron chi connectivity index (χ1n) is 5.75. The van der Waals surface area contributed by atoms with E-state index in [-0.39, 0.29) is 12.2 Å². The molecule has 1 rings (SSSR count). The average molecular weight is 241 g/mol. The summed E-state index contributed by atoms with van der Waals surface area (Å²) in [5, 5.41) is 25.7. The maximum atomic E-state index is 11.0. The van der Waals surface area contributed by atoms with Crippen LogP contribution >= 0.6 is 0 Å². The number of hydrogen-bond acceptors (Lipinski definition) is 4. The fourth-order valence-corrected chi connectivity index (χ4v) is 1.57. The Balaban J connectivity index is 2.93. The lowest BCUT2D eigenvalue weighted by Crippen LogP contribution is -2.17. The number of rotatable bonds is 6. The van der Waals surface area contributed by atoms with Gasteiger partial charge in [0.05, 0.1) is 18.3 Å². The molecule has 0 aliphatic heterocycles. The lowest BCUT2D eigenvalue weighted by Gasteiger charge is -2.09. The molecule has 0 saturated carbocycles. The number of carboxylic acids is 1. The third-order valence-corrected chi connectivity index (χ3v) is 2.44. The molecule has 17 heavy (non-hydrogen) atoms. The molecule has 6 nitrogen and oxygen atoms in total. The first-order chi connectivity index (χ1) is 7.91. The fourth-order valence-electron chi connectivity index (χ4n) is 1.57. The number of aromatic nitrogens is 3. The molecule has 2 N–H and O–H groups in total. The second kappa shape index (κ2) is 5.77. The van der Waals surface area contributed by atoms with Crippen LogP contribution in [0.3, 0.4) is 0 Å². The Bertz CT molecular complexity index is 385. The Hall–Kier alpha value is -1.43. The van der Waals surface area contributed by atoms with Crippen LogP contribution in [0.25, 0.3) is 0 Å². The van der Waals surface area contributed by atoms with E-state index >= 15 is 0 Å². The van der Waals surface area contributed by atoms with Crippen molar-refractivity contribution in [3.8, 4) is 0 Å². The van der Waals surface area contributed by atoms with E-state index in [9.17, 15) is 9.90 Å². The minimum atomic E-state index is -1.07. The van der Waals surface area contributed by atoms with Crippen LogP contribution in [-0.4, -0.2) is 37.3 Å². The molecule has 0 radical (unpaired) electrons. The molecule has 1 unspecified atom stereocenters. The smallest absolute Gasteiger partial charge is 0.358 e. The first kappa shape index (κ1) is 13.6. The van der Waals surface area contributed by atoms with Crippen molar-refractivity contribution in [3.63, 3.8) is 0 Å². The van der Waals surface area contributed by atoms with Gasteiger partial charge in [-0.1, -0.05) is 19.1 Å². The summed E-state index contributed by atoms with van der Waals surface area (Å²) in [5.74, 6) is -0.591. The summed E-state index contributed by atoms with van der Waals surface area (Å²) >= 11 is 0. The summed E-state index contributed by atoms with van der Waals surface area (Å²) in [7, 11) is 0. The van der Waals surface area contributed by atoms with Crippen molar-refractivity contribution >= 4 is 5.97 Å². The number of aromatic carboxylic acids is 1. The van der Waals surface area contributed by atoms with E-state index in [1.165, 1.54) is 4.68 Å². The normalized spacial score (nSPS) is 13.0. The average Bonchev–Trinajstić information content (AvgIpc) is 2.57. The van der Waals surface area contributed by atoms with Crippen molar-refractivity contribution in [2.24, 2.45) is 5.92 Å². The highest BCUT2D eigenvalue weighted by Crippen LogP contribution is 2.13. The fraction of sp³-hybridized carbons (Fsp3) is 0.727. The maximum absolute atomic E-state index is 11.0. The van der Waals surface area contributed by atoms with Gasteiger partial charge in [-0.3, -0.25) is 0 Å². The lowest BCUT2D eigenvalue weighted by molar-refractivity contribution is 0.0688. The number of nitrogens with zero attached hydrogens (tertiary/aromatic N) is 3. The lowest BCUT2D eigenvalue weighted by atomic mass is 10.1. The second-order valence-electron chi connectivity index (χ2n) is 4.65. The zero-order valence-electron chi connectivity index (χ0n) is 10.4. The van der Waals surface area contributed by atoms with Crippen LogP contribution in [0.4, 0.5) is 0 Å². The van der Waals surface area contributed by atoms with Crippen LogP contribution < -0.4 is 0 Å². The topological polar surface area (TPSA) is 88.2 Å². The highest BCUT2D eigenvalue weighted by molar-refractivity contribution is 5.86. The van der Waals surface area contributed by atoms with Crippen molar-refractivity contribution < 1.29 is 15.0 Å². The molecule has 0 aromatic carbocycles. The summed E-state index contributed by atoms with van der Waals surface area (Å²) in [6.45, 7) is 6.05. The Labute approximate surface area is 100 Å². The highest BCUT2D eigenvalue weighted by atomic mass is 16.4. The minimum Gasteiger partial charge on any atom is -0.476 e. The minimum absolute atomic E-state index is 0.00806. The van der Waals surface area contributed by atoms with Crippen LogP contribution in [0, 0.1) is 5.92 Å². The third kappa shape index (κ3) is 3.81.